The Morgan fingerprint density at radius 1 is 1.24 bits per heavy atom. The molecule has 0 radical (unpaired) electrons. The topological polar surface area (TPSA) is 51.5 Å². The van der Waals surface area contributed by atoms with E-state index >= 15 is 0 Å². The first kappa shape index (κ1) is 13.7. The van der Waals surface area contributed by atoms with E-state index in [1.54, 1.807) is 6.20 Å². The molecular weight excluding hydrogens is 288 g/mol. The zero-order valence-corrected chi connectivity index (χ0v) is 12.8. The van der Waals surface area contributed by atoms with Gasteiger partial charge in [0.25, 0.3) is 5.88 Å². The average molecular weight is 303 g/mol. The second kappa shape index (κ2) is 5.26. The van der Waals surface area contributed by atoms with Gasteiger partial charge in [-0.2, -0.15) is 4.98 Å². The number of aromatic nitrogens is 3. The summed E-state index contributed by atoms with van der Waals surface area (Å²) in [6.45, 7) is 3.90. The third-order valence-corrected chi connectivity index (χ3v) is 3.82. The van der Waals surface area contributed by atoms with Crippen molar-refractivity contribution in [3.8, 4) is 11.6 Å². The van der Waals surface area contributed by atoms with Gasteiger partial charge in [-0.1, -0.05) is 11.6 Å². The van der Waals surface area contributed by atoms with E-state index in [1.807, 2.05) is 49.8 Å². The van der Waals surface area contributed by atoms with Crippen LogP contribution in [0.5, 0.6) is 11.6 Å². The molecule has 1 N–H and O–H groups in total. The molecule has 0 aliphatic heterocycles. The Balaban J connectivity index is 2.07. The lowest BCUT2D eigenvalue weighted by Crippen LogP contribution is -2.00. The SMILES string of the molecule is CNc1cn2ccnc2c(Oc2cc(C)c(Cl)c(C)c2)n1. The highest BCUT2D eigenvalue weighted by Gasteiger charge is 2.11. The summed E-state index contributed by atoms with van der Waals surface area (Å²) in [7, 11) is 1.81. The molecular formula is C15H15ClN4O. The second-order valence-electron chi connectivity index (χ2n) is 4.81. The summed E-state index contributed by atoms with van der Waals surface area (Å²) in [6.07, 6.45) is 5.41. The molecule has 2 heterocycles. The number of anilines is 1. The van der Waals surface area contributed by atoms with E-state index in [9.17, 15) is 0 Å². The summed E-state index contributed by atoms with van der Waals surface area (Å²) in [6, 6.07) is 3.78. The van der Waals surface area contributed by atoms with Gasteiger partial charge < -0.3 is 10.1 Å². The maximum absolute atomic E-state index is 6.18. The Kier molecular flexibility index (Phi) is 3.43. The number of fused-ring (bicyclic) bond motifs is 1. The molecule has 0 bridgehead atoms. The van der Waals surface area contributed by atoms with Crippen LogP contribution >= 0.6 is 11.6 Å². The number of halogens is 1. The highest BCUT2D eigenvalue weighted by molar-refractivity contribution is 6.32. The standard InChI is InChI=1S/C15H15ClN4O/c1-9-6-11(7-10(2)13(9)16)21-15-14-18-4-5-20(14)8-12(17-3)19-15/h4-8,17H,1-3H3. The highest BCUT2D eigenvalue weighted by atomic mass is 35.5. The summed E-state index contributed by atoms with van der Waals surface area (Å²) in [5, 5.41) is 3.76. The predicted octanol–water partition coefficient (Wildman–Crippen LogP) is 3.83. The summed E-state index contributed by atoms with van der Waals surface area (Å²) in [5.41, 5.74) is 2.60. The van der Waals surface area contributed by atoms with Crippen LogP contribution in [0.4, 0.5) is 5.82 Å². The summed E-state index contributed by atoms with van der Waals surface area (Å²) >= 11 is 6.18. The molecule has 0 saturated heterocycles. The third-order valence-electron chi connectivity index (χ3n) is 3.22. The molecule has 0 amide bonds. The first-order chi connectivity index (χ1) is 10.1. The fourth-order valence-corrected chi connectivity index (χ4v) is 2.28. The molecule has 0 aliphatic carbocycles. The number of nitrogens with one attached hydrogen (secondary N) is 1. The van der Waals surface area contributed by atoms with Crippen molar-refractivity contribution >= 4 is 23.1 Å². The van der Waals surface area contributed by atoms with Crippen LogP contribution in [0.25, 0.3) is 5.65 Å². The summed E-state index contributed by atoms with van der Waals surface area (Å²) < 4.78 is 7.78. The molecule has 5 nitrogen and oxygen atoms in total. The summed E-state index contributed by atoms with van der Waals surface area (Å²) in [5.74, 6) is 1.85. The maximum Gasteiger partial charge on any atom is 0.265 e. The number of aryl methyl sites for hydroxylation is 2. The first-order valence-corrected chi connectivity index (χ1v) is 6.92. The Bertz CT molecular complexity index is 790. The van der Waals surface area contributed by atoms with Gasteiger partial charge in [-0.05, 0) is 37.1 Å². The lowest BCUT2D eigenvalue weighted by atomic mass is 10.1. The van der Waals surface area contributed by atoms with Gasteiger partial charge in [-0.25, -0.2) is 4.98 Å². The van der Waals surface area contributed by atoms with Crippen molar-refractivity contribution in [2.24, 2.45) is 0 Å². The van der Waals surface area contributed by atoms with Gasteiger partial charge >= 0.3 is 0 Å². The third kappa shape index (κ3) is 2.52. The number of ether oxygens (including phenoxy) is 1. The van der Waals surface area contributed by atoms with Crippen molar-refractivity contribution in [2.45, 2.75) is 13.8 Å². The van der Waals surface area contributed by atoms with Gasteiger partial charge in [-0.15, -0.1) is 0 Å². The van der Waals surface area contributed by atoms with E-state index in [1.165, 1.54) is 0 Å². The number of hydrogen-bond donors (Lipinski definition) is 1. The zero-order valence-electron chi connectivity index (χ0n) is 12.0. The summed E-state index contributed by atoms with van der Waals surface area (Å²) in [4.78, 5) is 8.69. The Morgan fingerprint density at radius 2 is 1.95 bits per heavy atom. The van der Waals surface area contributed by atoms with Gasteiger partial charge in [0.05, 0.1) is 6.20 Å². The molecule has 6 heteroatoms. The minimum atomic E-state index is 0.452. The minimum absolute atomic E-state index is 0.452. The van der Waals surface area contributed by atoms with Crippen LogP contribution in [0, 0.1) is 13.8 Å². The molecule has 0 unspecified atom stereocenters. The van der Waals surface area contributed by atoms with Crippen LogP contribution in [-0.2, 0) is 0 Å². The lowest BCUT2D eigenvalue weighted by molar-refractivity contribution is 0.465. The van der Waals surface area contributed by atoms with Crippen molar-refractivity contribution < 1.29 is 4.74 Å². The molecule has 1 aromatic carbocycles. The fraction of sp³-hybridized carbons (Fsp3) is 0.200. The van der Waals surface area contributed by atoms with E-state index in [0.29, 0.717) is 23.1 Å². The fourth-order valence-electron chi connectivity index (χ4n) is 2.17. The molecule has 3 aromatic rings. The molecule has 21 heavy (non-hydrogen) atoms. The monoisotopic (exact) mass is 302 g/mol. The van der Waals surface area contributed by atoms with Gasteiger partial charge in [0.15, 0.2) is 0 Å². The van der Waals surface area contributed by atoms with Gasteiger partial charge in [-0.3, -0.25) is 4.40 Å². The smallest absolute Gasteiger partial charge is 0.265 e. The van der Waals surface area contributed by atoms with E-state index in [2.05, 4.69) is 15.3 Å². The number of rotatable bonds is 3. The van der Waals surface area contributed by atoms with E-state index in [-0.39, 0.29) is 0 Å². The largest absolute Gasteiger partial charge is 0.436 e. The second-order valence-corrected chi connectivity index (χ2v) is 5.19. The number of hydrogen-bond acceptors (Lipinski definition) is 4. The Labute approximate surface area is 127 Å². The van der Waals surface area contributed by atoms with Crippen molar-refractivity contribution in [3.63, 3.8) is 0 Å². The Morgan fingerprint density at radius 3 is 2.62 bits per heavy atom. The molecule has 0 saturated carbocycles. The highest BCUT2D eigenvalue weighted by Crippen LogP contribution is 2.30. The molecule has 0 atom stereocenters. The maximum atomic E-state index is 6.18. The van der Waals surface area contributed by atoms with Crippen LogP contribution < -0.4 is 10.1 Å². The molecule has 108 valence electrons. The first-order valence-electron chi connectivity index (χ1n) is 6.54. The number of imidazole rings is 1. The molecule has 0 spiro atoms. The van der Waals surface area contributed by atoms with Crippen LogP contribution in [0.15, 0.2) is 30.7 Å². The van der Waals surface area contributed by atoms with Gasteiger partial charge in [0.2, 0.25) is 5.65 Å². The van der Waals surface area contributed by atoms with Crippen molar-refractivity contribution in [1.82, 2.24) is 14.4 Å². The van der Waals surface area contributed by atoms with Crippen LogP contribution in [-0.4, -0.2) is 21.4 Å². The zero-order chi connectivity index (χ0) is 15.0. The van der Waals surface area contributed by atoms with E-state index in [0.717, 1.165) is 16.1 Å². The van der Waals surface area contributed by atoms with Crippen molar-refractivity contribution in [1.29, 1.82) is 0 Å². The van der Waals surface area contributed by atoms with E-state index in [4.69, 9.17) is 16.3 Å². The van der Waals surface area contributed by atoms with Gasteiger partial charge in [0, 0.05) is 24.5 Å². The number of benzene rings is 1. The lowest BCUT2D eigenvalue weighted by Gasteiger charge is -2.11. The molecule has 0 aliphatic rings. The minimum Gasteiger partial charge on any atom is -0.436 e. The quantitative estimate of drug-likeness (QED) is 0.799. The number of nitrogens with zero attached hydrogens (tertiary/aromatic N) is 3. The van der Waals surface area contributed by atoms with Crippen LogP contribution in [0.1, 0.15) is 11.1 Å². The normalized spacial score (nSPS) is 10.9. The van der Waals surface area contributed by atoms with Gasteiger partial charge in [0.1, 0.15) is 11.6 Å². The van der Waals surface area contributed by atoms with Crippen LogP contribution in [0.2, 0.25) is 5.02 Å². The van der Waals surface area contributed by atoms with Crippen molar-refractivity contribution in [3.05, 3.63) is 46.9 Å². The van der Waals surface area contributed by atoms with E-state index < -0.39 is 0 Å². The Hall–Kier alpha value is -2.27. The molecule has 0 fully saturated rings. The van der Waals surface area contributed by atoms with Crippen LogP contribution in [0.3, 0.4) is 0 Å². The molecule has 2 aromatic heterocycles. The molecule has 3 rings (SSSR count). The average Bonchev–Trinajstić information content (AvgIpc) is 2.93. The predicted molar refractivity (Wildman–Crippen MR) is 83.5 cm³/mol. The van der Waals surface area contributed by atoms with Crippen molar-refractivity contribution in [2.75, 3.05) is 12.4 Å².